The van der Waals surface area contributed by atoms with Gasteiger partial charge in [0, 0.05) is 47.5 Å². The lowest BCUT2D eigenvalue weighted by Gasteiger charge is -2.33. The quantitative estimate of drug-likeness (QED) is 0.612. The molecule has 148 valence electrons. The van der Waals surface area contributed by atoms with Gasteiger partial charge < -0.3 is 19.4 Å². The summed E-state index contributed by atoms with van der Waals surface area (Å²) in [6.07, 6.45) is 5.55. The number of ether oxygens (including phenoxy) is 2. The molecule has 28 heavy (non-hydrogen) atoms. The number of methoxy groups -OCH3 is 1. The third-order valence-electron chi connectivity index (χ3n) is 5.22. The first-order valence-electron chi connectivity index (χ1n) is 9.04. The molecule has 3 aromatic rings. The van der Waals surface area contributed by atoms with Crippen molar-refractivity contribution in [3.8, 4) is 5.75 Å². The lowest BCUT2D eigenvalue weighted by atomic mass is 9.92. The summed E-state index contributed by atoms with van der Waals surface area (Å²) < 4.78 is 10.9. The second-order valence-corrected chi connectivity index (χ2v) is 7.00. The van der Waals surface area contributed by atoms with Crippen molar-refractivity contribution < 1.29 is 14.3 Å². The van der Waals surface area contributed by atoms with E-state index >= 15 is 0 Å². The summed E-state index contributed by atoms with van der Waals surface area (Å²) in [5.41, 5.74) is 0.984. The van der Waals surface area contributed by atoms with Crippen LogP contribution in [0.15, 0.2) is 47.7 Å². The average molecular weight is 383 g/mol. The topological polar surface area (TPSA) is 87.4 Å². The molecular weight excluding hydrogens is 358 g/mol. The van der Waals surface area contributed by atoms with Crippen molar-refractivity contribution >= 4 is 16.9 Å². The molecule has 7 heteroatoms. The summed E-state index contributed by atoms with van der Waals surface area (Å²) in [4.78, 5) is 33.0. The summed E-state index contributed by atoms with van der Waals surface area (Å²) in [7, 11) is 5.13. The van der Waals surface area contributed by atoms with E-state index in [-0.39, 0.29) is 12.0 Å². The van der Waals surface area contributed by atoms with E-state index in [4.69, 9.17) is 9.47 Å². The van der Waals surface area contributed by atoms with Crippen molar-refractivity contribution in [2.45, 2.75) is 18.9 Å². The Morgan fingerprint density at radius 2 is 2.00 bits per heavy atom. The van der Waals surface area contributed by atoms with E-state index in [0.717, 1.165) is 22.2 Å². The van der Waals surface area contributed by atoms with Gasteiger partial charge in [0.1, 0.15) is 11.3 Å². The Balaban J connectivity index is 1.76. The van der Waals surface area contributed by atoms with Crippen LogP contribution < -0.4 is 10.2 Å². The maximum Gasteiger partial charge on any atom is 0.331 e. The highest BCUT2D eigenvalue weighted by Crippen LogP contribution is 2.26. The number of likely N-dealkylation sites (N-methyl/N-ethyl adjacent to an activating group) is 1. The minimum atomic E-state index is -1.18. The van der Waals surface area contributed by atoms with E-state index in [1.165, 1.54) is 6.07 Å². The van der Waals surface area contributed by atoms with E-state index in [0.29, 0.717) is 12.0 Å². The minimum absolute atomic E-state index is 0.206. The highest BCUT2D eigenvalue weighted by Gasteiger charge is 2.41. The van der Waals surface area contributed by atoms with Crippen LogP contribution in [0, 0.1) is 0 Å². The minimum Gasteiger partial charge on any atom is -0.497 e. The van der Waals surface area contributed by atoms with Gasteiger partial charge in [-0.05, 0) is 44.8 Å². The van der Waals surface area contributed by atoms with Gasteiger partial charge in [-0.2, -0.15) is 0 Å². The fourth-order valence-electron chi connectivity index (χ4n) is 3.22. The normalized spacial score (nSPS) is 13.5. The number of benzene rings is 1. The molecule has 0 bridgehead atoms. The molecule has 0 amide bonds. The maximum atomic E-state index is 12.9. The molecule has 0 saturated carbocycles. The number of rotatable bonds is 7. The number of esters is 1. The molecule has 2 heterocycles. The molecule has 1 atom stereocenters. The van der Waals surface area contributed by atoms with Crippen molar-refractivity contribution in [2.75, 3.05) is 27.8 Å². The number of carbonyl (C=O) groups is 1. The highest BCUT2D eigenvalue weighted by atomic mass is 16.5. The van der Waals surface area contributed by atoms with E-state index in [1.54, 1.807) is 45.4 Å². The second-order valence-electron chi connectivity index (χ2n) is 7.00. The van der Waals surface area contributed by atoms with Crippen molar-refractivity contribution in [3.63, 3.8) is 0 Å². The molecule has 2 N–H and O–H groups in total. The fourth-order valence-corrected chi connectivity index (χ4v) is 3.22. The molecule has 0 aliphatic heterocycles. The smallest absolute Gasteiger partial charge is 0.331 e. The average Bonchev–Trinajstić information content (AvgIpc) is 3.09. The molecule has 0 saturated heterocycles. The van der Waals surface area contributed by atoms with E-state index in [2.05, 4.69) is 9.97 Å². The number of nitrogens with zero attached hydrogens (tertiary/aromatic N) is 1. The first-order valence-corrected chi connectivity index (χ1v) is 9.04. The number of hydrogen-bond acceptors (Lipinski definition) is 5. The third kappa shape index (κ3) is 3.53. The van der Waals surface area contributed by atoms with Gasteiger partial charge in [-0.15, -0.1) is 0 Å². The maximum absolute atomic E-state index is 12.9. The van der Waals surface area contributed by atoms with Crippen LogP contribution in [-0.4, -0.2) is 48.6 Å². The molecule has 0 fully saturated rings. The van der Waals surface area contributed by atoms with Gasteiger partial charge in [-0.25, -0.2) is 4.79 Å². The SMILES string of the molecule is COc1ccc2[nH]cc(CCOC(=O)C(C)(c3c[nH]ccc3=O)N(C)C)c2c1. The highest BCUT2D eigenvalue weighted by molar-refractivity contribution is 5.85. The van der Waals surface area contributed by atoms with Crippen LogP contribution in [0.2, 0.25) is 0 Å². The van der Waals surface area contributed by atoms with Crippen molar-refractivity contribution in [2.24, 2.45) is 0 Å². The molecule has 2 aromatic heterocycles. The molecule has 0 aliphatic carbocycles. The molecular formula is C21H25N3O4. The monoisotopic (exact) mass is 383 g/mol. The largest absolute Gasteiger partial charge is 0.497 e. The zero-order valence-electron chi connectivity index (χ0n) is 16.5. The van der Waals surface area contributed by atoms with Crippen LogP contribution >= 0.6 is 0 Å². The summed E-state index contributed by atoms with van der Waals surface area (Å²) in [6.45, 7) is 1.90. The summed E-state index contributed by atoms with van der Waals surface area (Å²) in [6, 6.07) is 7.21. The van der Waals surface area contributed by atoms with Crippen molar-refractivity contribution in [1.82, 2.24) is 14.9 Å². The molecule has 0 aliphatic rings. The van der Waals surface area contributed by atoms with Crippen LogP contribution in [0.3, 0.4) is 0 Å². The predicted molar refractivity (Wildman–Crippen MR) is 108 cm³/mol. The number of hydrogen-bond donors (Lipinski definition) is 2. The zero-order valence-corrected chi connectivity index (χ0v) is 16.5. The molecule has 1 unspecified atom stereocenters. The molecule has 7 nitrogen and oxygen atoms in total. The third-order valence-corrected chi connectivity index (χ3v) is 5.22. The molecule has 3 rings (SSSR count). The van der Waals surface area contributed by atoms with Gasteiger partial charge in [0.15, 0.2) is 5.43 Å². The number of aromatic nitrogens is 2. The van der Waals surface area contributed by atoms with Crippen molar-refractivity contribution in [1.29, 1.82) is 0 Å². The van der Waals surface area contributed by atoms with Crippen LogP contribution in [-0.2, 0) is 21.5 Å². The van der Waals surface area contributed by atoms with E-state index in [9.17, 15) is 9.59 Å². The Kier molecular flexibility index (Phi) is 5.56. The van der Waals surface area contributed by atoms with Gasteiger partial charge in [0.2, 0.25) is 0 Å². The Morgan fingerprint density at radius 1 is 1.21 bits per heavy atom. The first kappa shape index (κ1) is 19.7. The van der Waals surface area contributed by atoms with E-state index < -0.39 is 11.5 Å². The van der Waals surface area contributed by atoms with Crippen LogP contribution in [0.4, 0.5) is 0 Å². The van der Waals surface area contributed by atoms with E-state index in [1.807, 2.05) is 24.4 Å². The molecule has 0 radical (unpaired) electrons. The lowest BCUT2D eigenvalue weighted by molar-refractivity contribution is -0.156. The van der Waals surface area contributed by atoms with Crippen molar-refractivity contribution in [3.05, 3.63) is 64.2 Å². The number of carbonyl (C=O) groups excluding carboxylic acids is 1. The first-order chi connectivity index (χ1) is 13.4. The van der Waals surface area contributed by atoms with Crippen LogP contribution in [0.5, 0.6) is 5.75 Å². The molecule has 0 spiro atoms. The second kappa shape index (κ2) is 7.90. The van der Waals surface area contributed by atoms with Gasteiger partial charge in [0.25, 0.3) is 0 Å². The Labute approximate surface area is 163 Å². The number of nitrogens with one attached hydrogen (secondary N) is 2. The fraction of sp³-hybridized carbons (Fsp3) is 0.333. The van der Waals surface area contributed by atoms with Gasteiger partial charge >= 0.3 is 5.97 Å². The van der Waals surface area contributed by atoms with Crippen LogP contribution in [0.25, 0.3) is 10.9 Å². The Bertz CT molecular complexity index is 1040. The van der Waals surface area contributed by atoms with Gasteiger partial charge in [0.05, 0.1) is 13.7 Å². The number of H-pyrrole nitrogens is 2. The van der Waals surface area contributed by atoms with Crippen LogP contribution in [0.1, 0.15) is 18.1 Å². The standard InChI is InChI=1S/C21H25N3O4/c1-21(24(2)3,17-13-22-9-7-19(17)25)20(26)28-10-8-14-12-23-18-6-5-15(27-4)11-16(14)18/h5-7,9,11-13,23H,8,10H2,1-4H3,(H,22,25). The lowest BCUT2D eigenvalue weighted by Crippen LogP contribution is -2.49. The number of fused-ring (bicyclic) bond motifs is 1. The Morgan fingerprint density at radius 3 is 2.68 bits per heavy atom. The number of pyridine rings is 1. The van der Waals surface area contributed by atoms with Gasteiger partial charge in [-0.1, -0.05) is 0 Å². The summed E-state index contributed by atoms with van der Waals surface area (Å²) in [5.74, 6) is 0.306. The summed E-state index contributed by atoms with van der Waals surface area (Å²) >= 11 is 0. The summed E-state index contributed by atoms with van der Waals surface area (Å²) in [5, 5.41) is 1.03. The molecule has 1 aromatic carbocycles. The number of aromatic amines is 2. The Hall–Kier alpha value is -3.06. The predicted octanol–water partition coefficient (Wildman–Crippen LogP) is 2.43. The van der Waals surface area contributed by atoms with Gasteiger partial charge in [-0.3, -0.25) is 9.69 Å². The zero-order chi connectivity index (χ0) is 20.3.